The molecule has 0 N–H and O–H groups in total. The Hall–Kier alpha value is -2.59. The Morgan fingerprint density at radius 2 is 1.61 bits per heavy atom. The van der Waals surface area contributed by atoms with Crippen LogP contribution in [0.1, 0.15) is 22.3 Å². The van der Waals surface area contributed by atoms with Gasteiger partial charge >= 0.3 is 0 Å². The fourth-order valence-corrected chi connectivity index (χ4v) is 7.34. The fourth-order valence-electron chi connectivity index (χ4n) is 5.46. The molecule has 1 heterocycles. The van der Waals surface area contributed by atoms with E-state index in [1.165, 1.54) is 24.3 Å². The Kier molecular flexibility index (Phi) is 5.60. The summed E-state index contributed by atoms with van der Waals surface area (Å²) >= 11 is 7.34. The second kappa shape index (κ2) is 8.32. The second-order valence-electron chi connectivity index (χ2n) is 8.65. The van der Waals surface area contributed by atoms with E-state index in [4.69, 9.17) is 0 Å². The number of nitro benzene ring substituents is 1. The van der Waals surface area contributed by atoms with Crippen molar-refractivity contribution < 1.29 is 19.3 Å². The first kappa shape index (κ1) is 22.2. The van der Waals surface area contributed by atoms with Crippen molar-refractivity contribution in [1.82, 2.24) is 10.0 Å². The second-order valence-corrected chi connectivity index (χ2v) is 10.8. The number of hydrazine groups is 1. The van der Waals surface area contributed by atoms with Gasteiger partial charge in [-0.1, -0.05) is 68.3 Å². The molecule has 2 aromatic rings. The summed E-state index contributed by atoms with van der Waals surface area (Å²) in [6, 6.07) is 14.4. The molecule has 10 heteroatoms. The van der Waals surface area contributed by atoms with Gasteiger partial charge in [0.05, 0.1) is 23.3 Å². The van der Waals surface area contributed by atoms with Gasteiger partial charge in [-0.15, -0.1) is 0 Å². The van der Waals surface area contributed by atoms with Crippen LogP contribution in [-0.4, -0.2) is 42.3 Å². The molecule has 2 aliphatic carbocycles. The Labute approximate surface area is 206 Å². The minimum atomic E-state index is -0.637. The number of nitrogens with zero attached hydrogens (tertiary/aromatic N) is 3. The first-order valence-electron chi connectivity index (χ1n) is 10.6. The Morgan fingerprint density at radius 3 is 2.18 bits per heavy atom. The maximum Gasteiger partial charge on any atom is 0.273 e. The van der Waals surface area contributed by atoms with E-state index in [-0.39, 0.29) is 51.1 Å². The number of hydrogen-bond donors (Lipinski definition) is 0. The lowest BCUT2D eigenvalue weighted by Crippen LogP contribution is -2.50. The number of rotatable bonds is 5. The maximum absolute atomic E-state index is 13.6. The first-order valence-corrected chi connectivity index (χ1v) is 12.4. The summed E-state index contributed by atoms with van der Waals surface area (Å²) in [5.74, 6) is -2.32. The number of alkyl halides is 2. The molecule has 2 saturated carbocycles. The number of nitro groups is 1. The standard InChI is InChI=1S/C23H19Br2N3O5/c24-19-15-10-16(20(19)25)18-17(15)22(30)27(23(18)31)26(11-12-5-2-1-3-6-12)21(29)13-7-4-8-14(9-13)28(32)33/h1-9,15-20H,10-11H2/t15-,16-,17-,18+,19+,20+/m1/s1. The summed E-state index contributed by atoms with van der Waals surface area (Å²) in [6.45, 7) is -0.00982. The zero-order valence-corrected chi connectivity index (χ0v) is 20.4. The summed E-state index contributed by atoms with van der Waals surface area (Å²) in [6.07, 6.45) is 0.782. The minimum absolute atomic E-state index is 0.00982. The zero-order chi connectivity index (χ0) is 23.4. The smallest absolute Gasteiger partial charge is 0.272 e. The largest absolute Gasteiger partial charge is 0.273 e. The highest BCUT2D eigenvalue weighted by Gasteiger charge is 2.67. The van der Waals surface area contributed by atoms with Crippen LogP contribution in [0.5, 0.6) is 0 Å². The molecule has 5 rings (SSSR count). The predicted octanol–water partition coefficient (Wildman–Crippen LogP) is 3.93. The van der Waals surface area contributed by atoms with Gasteiger partial charge in [0.25, 0.3) is 23.4 Å². The molecule has 33 heavy (non-hydrogen) atoms. The van der Waals surface area contributed by atoms with E-state index in [2.05, 4.69) is 31.9 Å². The van der Waals surface area contributed by atoms with Crippen LogP contribution in [-0.2, 0) is 16.1 Å². The normalized spacial score (nSPS) is 29.9. The quantitative estimate of drug-likeness (QED) is 0.232. The molecule has 2 bridgehead atoms. The van der Waals surface area contributed by atoms with Gasteiger partial charge in [0.2, 0.25) is 0 Å². The first-order chi connectivity index (χ1) is 15.8. The molecule has 2 aromatic carbocycles. The molecule has 3 fully saturated rings. The zero-order valence-electron chi connectivity index (χ0n) is 17.2. The van der Waals surface area contributed by atoms with Gasteiger partial charge in [0.15, 0.2) is 0 Å². The number of carbonyl (C=O) groups excluding carboxylic acids is 3. The Balaban J connectivity index is 1.53. The molecular formula is C23H19Br2N3O5. The third-order valence-corrected chi connectivity index (χ3v) is 10.1. The summed E-state index contributed by atoms with van der Waals surface area (Å²) in [5, 5.41) is 13.4. The monoisotopic (exact) mass is 575 g/mol. The van der Waals surface area contributed by atoms with Gasteiger partial charge in [0, 0.05) is 27.4 Å². The Bertz CT molecular complexity index is 1130. The van der Waals surface area contributed by atoms with Crippen LogP contribution in [0.4, 0.5) is 5.69 Å². The molecule has 8 nitrogen and oxygen atoms in total. The van der Waals surface area contributed by atoms with Gasteiger partial charge in [0.1, 0.15) is 0 Å². The van der Waals surface area contributed by atoms with Crippen molar-refractivity contribution in [2.75, 3.05) is 0 Å². The highest BCUT2D eigenvalue weighted by Crippen LogP contribution is 2.60. The molecule has 170 valence electrons. The van der Waals surface area contributed by atoms with Crippen molar-refractivity contribution >= 4 is 55.3 Å². The van der Waals surface area contributed by atoms with Crippen molar-refractivity contribution in [1.29, 1.82) is 0 Å². The van der Waals surface area contributed by atoms with Gasteiger partial charge in [-0.2, -0.15) is 5.01 Å². The SMILES string of the molecule is O=C(c1cccc([N+](=O)[O-])c1)N(Cc1ccccc1)N1C(=O)[C@@H]2[C@H]3C[C@@H]([C@H](Br)[C@H]3Br)[C@@H]2C1=O. The maximum atomic E-state index is 13.6. The van der Waals surface area contributed by atoms with Crippen molar-refractivity contribution in [2.45, 2.75) is 22.6 Å². The molecule has 0 unspecified atom stereocenters. The average Bonchev–Trinajstić information content (AvgIpc) is 3.43. The van der Waals surface area contributed by atoms with Crippen LogP contribution in [0.2, 0.25) is 0 Å². The lowest BCUT2D eigenvalue weighted by atomic mass is 9.81. The number of amides is 3. The van der Waals surface area contributed by atoms with Crippen molar-refractivity contribution in [3.05, 3.63) is 75.8 Å². The number of non-ortho nitro benzene ring substituents is 1. The summed E-state index contributed by atoms with van der Waals surface area (Å²) < 4.78 is 0. The third kappa shape index (κ3) is 3.50. The van der Waals surface area contributed by atoms with Crippen LogP contribution in [0.25, 0.3) is 0 Å². The van der Waals surface area contributed by atoms with Crippen LogP contribution in [0.15, 0.2) is 54.6 Å². The molecule has 6 atom stereocenters. The topological polar surface area (TPSA) is 101 Å². The summed E-state index contributed by atoms with van der Waals surface area (Å²) in [7, 11) is 0. The van der Waals surface area contributed by atoms with E-state index >= 15 is 0 Å². The number of hydrogen-bond acceptors (Lipinski definition) is 5. The molecule has 0 aromatic heterocycles. The lowest BCUT2D eigenvalue weighted by molar-refractivity contribution is -0.384. The van der Waals surface area contributed by atoms with E-state index in [1.807, 2.05) is 6.07 Å². The van der Waals surface area contributed by atoms with E-state index in [1.54, 1.807) is 24.3 Å². The number of benzene rings is 2. The third-order valence-electron chi connectivity index (χ3n) is 6.92. The van der Waals surface area contributed by atoms with Crippen molar-refractivity contribution in [3.8, 4) is 0 Å². The Morgan fingerprint density at radius 1 is 1.00 bits per heavy atom. The van der Waals surface area contributed by atoms with Gasteiger partial charge in [-0.05, 0) is 29.9 Å². The highest BCUT2D eigenvalue weighted by molar-refractivity contribution is 9.12. The number of carbonyl (C=O) groups is 3. The average molecular weight is 577 g/mol. The van der Waals surface area contributed by atoms with Crippen LogP contribution < -0.4 is 0 Å². The van der Waals surface area contributed by atoms with Crippen molar-refractivity contribution in [2.24, 2.45) is 23.7 Å². The van der Waals surface area contributed by atoms with Gasteiger partial charge in [-0.3, -0.25) is 24.5 Å². The summed E-state index contributed by atoms with van der Waals surface area (Å²) in [4.78, 5) is 51.5. The molecule has 3 amide bonds. The van der Waals surface area contributed by atoms with Crippen molar-refractivity contribution in [3.63, 3.8) is 0 Å². The molecule has 3 aliphatic rings. The number of halogens is 2. The van der Waals surface area contributed by atoms with Crippen LogP contribution >= 0.6 is 31.9 Å². The number of imide groups is 1. The van der Waals surface area contributed by atoms with Gasteiger partial charge < -0.3 is 0 Å². The summed E-state index contributed by atoms with van der Waals surface area (Å²) in [5.41, 5.74) is 0.532. The van der Waals surface area contributed by atoms with Crippen LogP contribution in [0, 0.1) is 33.8 Å². The van der Waals surface area contributed by atoms with E-state index in [0.29, 0.717) is 0 Å². The minimum Gasteiger partial charge on any atom is -0.272 e. The van der Waals surface area contributed by atoms with Crippen LogP contribution in [0.3, 0.4) is 0 Å². The molecule has 1 aliphatic heterocycles. The van der Waals surface area contributed by atoms with E-state index in [0.717, 1.165) is 22.0 Å². The predicted molar refractivity (Wildman–Crippen MR) is 125 cm³/mol. The molecular weight excluding hydrogens is 558 g/mol. The highest BCUT2D eigenvalue weighted by atomic mass is 79.9. The lowest BCUT2D eigenvalue weighted by Gasteiger charge is -2.31. The van der Waals surface area contributed by atoms with E-state index in [9.17, 15) is 24.5 Å². The number of fused-ring (bicyclic) bond motifs is 5. The van der Waals surface area contributed by atoms with Gasteiger partial charge in [-0.25, -0.2) is 5.01 Å². The fraction of sp³-hybridized carbons (Fsp3) is 0.348. The molecule has 1 saturated heterocycles. The molecule has 0 radical (unpaired) electrons. The molecule has 0 spiro atoms. The van der Waals surface area contributed by atoms with E-state index < -0.39 is 22.7 Å².